The van der Waals surface area contributed by atoms with Gasteiger partial charge in [0.15, 0.2) is 0 Å². The van der Waals surface area contributed by atoms with E-state index >= 15 is 0 Å². The van der Waals surface area contributed by atoms with E-state index in [2.05, 4.69) is 10.00 Å². The van der Waals surface area contributed by atoms with Gasteiger partial charge >= 0.3 is 0 Å². The molecule has 1 aromatic heterocycles. The summed E-state index contributed by atoms with van der Waals surface area (Å²) in [6.07, 6.45) is 4.87. The second kappa shape index (κ2) is 4.42. The van der Waals surface area contributed by atoms with Gasteiger partial charge in [-0.25, -0.2) is 0 Å². The van der Waals surface area contributed by atoms with Gasteiger partial charge in [-0.3, -0.25) is 9.58 Å². The van der Waals surface area contributed by atoms with Crippen molar-refractivity contribution in [3.05, 3.63) is 17.5 Å². The molecule has 0 bridgehead atoms. The van der Waals surface area contributed by atoms with E-state index in [1.165, 1.54) is 30.6 Å². The zero-order valence-corrected chi connectivity index (χ0v) is 10.7. The van der Waals surface area contributed by atoms with Crippen molar-refractivity contribution < 1.29 is 4.74 Å². The Hall–Kier alpha value is -0.870. The molecule has 0 N–H and O–H groups in total. The normalized spacial score (nSPS) is 24.9. The summed E-state index contributed by atoms with van der Waals surface area (Å²) >= 11 is 0. The molecule has 0 aromatic carbocycles. The van der Waals surface area contributed by atoms with E-state index in [0.717, 1.165) is 25.6 Å². The average Bonchev–Trinajstić information content (AvgIpc) is 3.03. The van der Waals surface area contributed by atoms with Gasteiger partial charge in [-0.1, -0.05) is 0 Å². The fourth-order valence-electron chi connectivity index (χ4n) is 2.98. The lowest BCUT2D eigenvalue weighted by atomic mass is 9.97. The van der Waals surface area contributed by atoms with Crippen LogP contribution in [0.5, 0.6) is 0 Å². The monoisotopic (exact) mass is 235 g/mol. The molecule has 0 spiro atoms. The second-order valence-electron chi connectivity index (χ2n) is 5.47. The van der Waals surface area contributed by atoms with Crippen LogP contribution >= 0.6 is 0 Å². The summed E-state index contributed by atoms with van der Waals surface area (Å²) in [5.74, 6) is 1.44. The lowest BCUT2D eigenvalue weighted by Crippen LogP contribution is -2.37. The van der Waals surface area contributed by atoms with Crippen LogP contribution in [0, 0.1) is 5.92 Å². The Morgan fingerprint density at radius 1 is 1.47 bits per heavy atom. The smallest absolute Gasteiger partial charge is 0.0558 e. The highest BCUT2D eigenvalue weighted by Gasteiger charge is 2.32. The van der Waals surface area contributed by atoms with E-state index in [1.54, 1.807) is 7.11 Å². The van der Waals surface area contributed by atoms with Gasteiger partial charge in [0.25, 0.3) is 0 Å². The van der Waals surface area contributed by atoms with Crippen LogP contribution in [0.4, 0.5) is 0 Å². The van der Waals surface area contributed by atoms with Crippen molar-refractivity contribution in [3.8, 4) is 0 Å². The molecule has 4 nitrogen and oxygen atoms in total. The third-order valence-corrected chi connectivity index (χ3v) is 3.90. The van der Waals surface area contributed by atoms with Crippen molar-refractivity contribution in [2.75, 3.05) is 26.8 Å². The molecule has 1 aliphatic heterocycles. The molecular formula is C13H21N3O. The highest BCUT2D eigenvalue weighted by atomic mass is 16.5. The first-order chi connectivity index (χ1) is 8.28. The van der Waals surface area contributed by atoms with Crippen molar-refractivity contribution in [3.63, 3.8) is 0 Å². The molecule has 4 heteroatoms. The van der Waals surface area contributed by atoms with Gasteiger partial charge < -0.3 is 4.74 Å². The minimum absolute atomic E-state index is 0.481. The first-order valence-corrected chi connectivity index (χ1v) is 6.50. The van der Waals surface area contributed by atoms with Crippen molar-refractivity contribution in [2.45, 2.75) is 25.3 Å². The molecule has 3 rings (SSSR count). The number of methoxy groups -OCH3 is 1. The van der Waals surface area contributed by atoms with Crippen molar-refractivity contribution in [2.24, 2.45) is 13.0 Å². The van der Waals surface area contributed by atoms with Crippen LogP contribution in [-0.2, 0) is 18.3 Å². The van der Waals surface area contributed by atoms with Crippen LogP contribution in [0.25, 0.3) is 0 Å². The predicted molar refractivity (Wildman–Crippen MR) is 65.8 cm³/mol. The molecule has 1 saturated carbocycles. The van der Waals surface area contributed by atoms with E-state index in [4.69, 9.17) is 4.74 Å². The van der Waals surface area contributed by atoms with Crippen LogP contribution in [-0.4, -0.2) is 41.5 Å². The largest absolute Gasteiger partial charge is 0.384 e. The molecule has 0 radical (unpaired) electrons. The van der Waals surface area contributed by atoms with E-state index in [1.807, 2.05) is 17.9 Å². The zero-order valence-electron chi connectivity index (χ0n) is 10.7. The summed E-state index contributed by atoms with van der Waals surface area (Å²) in [6, 6.07) is 0. The van der Waals surface area contributed by atoms with Crippen LogP contribution in [0.2, 0.25) is 0 Å². The van der Waals surface area contributed by atoms with Crippen molar-refractivity contribution >= 4 is 0 Å². The van der Waals surface area contributed by atoms with E-state index in [0.29, 0.717) is 5.92 Å². The number of fused-ring (bicyclic) bond motifs is 1. The quantitative estimate of drug-likeness (QED) is 0.789. The van der Waals surface area contributed by atoms with Crippen molar-refractivity contribution in [1.29, 1.82) is 0 Å². The fourth-order valence-corrected chi connectivity index (χ4v) is 2.98. The summed E-state index contributed by atoms with van der Waals surface area (Å²) in [5, 5.41) is 4.39. The molecule has 1 aromatic rings. The van der Waals surface area contributed by atoms with Gasteiger partial charge in [-0.2, -0.15) is 5.10 Å². The predicted octanol–water partition coefficient (Wildman–Crippen LogP) is 1.38. The second-order valence-corrected chi connectivity index (χ2v) is 5.47. The van der Waals surface area contributed by atoms with Gasteiger partial charge in [0.2, 0.25) is 0 Å². The number of hydrogen-bond donors (Lipinski definition) is 0. The van der Waals surface area contributed by atoms with Crippen LogP contribution < -0.4 is 0 Å². The lowest BCUT2D eigenvalue weighted by molar-refractivity contribution is 0.133. The van der Waals surface area contributed by atoms with E-state index in [-0.39, 0.29) is 0 Å². The third-order valence-electron chi connectivity index (χ3n) is 3.90. The van der Waals surface area contributed by atoms with E-state index < -0.39 is 0 Å². The molecule has 0 saturated heterocycles. The van der Waals surface area contributed by atoms with Crippen LogP contribution in [0.3, 0.4) is 0 Å². The molecule has 2 aliphatic rings. The summed E-state index contributed by atoms with van der Waals surface area (Å²) in [4.78, 5) is 2.57. The van der Waals surface area contributed by atoms with Gasteiger partial charge in [-0.05, 0) is 18.8 Å². The maximum Gasteiger partial charge on any atom is 0.0558 e. The minimum Gasteiger partial charge on any atom is -0.384 e. The Morgan fingerprint density at radius 2 is 2.29 bits per heavy atom. The maximum absolute atomic E-state index is 5.36. The van der Waals surface area contributed by atoms with Gasteiger partial charge in [0.1, 0.15) is 0 Å². The summed E-state index contributed by atoms with van der Waals surface area (Å²) in [7, 11) is 3.83. The molecule has 1 aliphatic carbocycles. The zero-order chi connectivity index (χ0) is 11.8. The Bertz CT molecular complexity index is 397. The summed E-state index contributed by atoms with van der Waals surface area (Å²) in [5.41, 5.74) is 2.76. The molecule has 17 heavy (non-hydrogen) atoms. The number of rotatable bonds is 4. The minimum atomic E-state index is 0.481. The average molecular weight is 235 g/mol. The Morgan fingerprint density at radius 3 is 3.00 bits per heavy atom. The first kappa shape index (κ1) is 11.2. The molecule has 1 fully saturated rings. The van der Waals surface area contributed by atoms with Crippen LogP contribution in [0.1, 0.15) is 30.0 Å². The highest BCUT2D eigenvalue weighted by Crippen LogP contribution is 2.34. The van der Waals surface area contributed by atoms with Crippen LogP contribution in [0.15, 0.2) is 6.20 Å². The lowest BCUT2D eigenvalue weighted by Gasteiger charge is -2.32. The van der Waals surface area contributed by atoms with E-state index in [9.17, 15) is 0 Å². The first-order valence-electron chi connectivity index (χ1n) is 6.50. The van der Waals surface area contributed by atoms with Gasteiger partial charge in [0, 0.05) is 51.0 Å². The molecule has 94 valence electrons. The third kappa shape index (κ3) is 2.24. The standard InChI is InChI=1S/C13H21N3O/c1-15-13-11(5-14-15)7-16(6-10-3-4-10)8-12(13)9-17-2/h5,10,12H,3-4,6-9H2,1-2H3/t12-/m0/s1. The van der Waals surface area contributed by atoms with Gasteiger partial charge in [0.05, 0.1) is 12.8 Å². The SMILES string of the molecule is COC[C@@H]1CN(CC2CC2)Cc2cnn(C)c21. The molecule has 2 heterocycles. The van der Waals surface area contributed by atoms with Gasteiger partial charge in [-0.15, -0.1) is 0 Å². The fraction of sp³-hybridized carbons (Fsp3) is 0.769. The van der Waals surface area contributed by atoms with Crippen molar-refractivity contribution in [1.82, 2.24) is 14.7 Å². The molecule has 1 atom stereocenters. The highest BCUT2D eigenvalue weighted by molar-refractivity contribution is 5.25. The number of ether oxygens (including phenoxy) is 1. The number of aromatic nitrogens is 2. The Kier molecular flexibility index (Phi) is 2.92. The molecule has 0 amide bonds. The summed E-state index contributed by atoms with van der Waals surface area (Å²) < 4.78 is 7.39. The topological polar surface area (TPSA) is 30.3 Å². The molecular weight excluding hydrogens is 214 g/mol. The number of nitrogens with zero attached hydrogens (tertiary/aromatic N) is 3. The number of hydrogen-bond acceptors (Lipinski definition) is 3. The Labute approximate surface area is 103 Å². The summed E-state index contributed by atoms with van der Waals surface area (Å²) in [6.45, 7) is 4.25. The maximum atomic E-state index is 5.36. The molecule has 0 unspecified atom stereocenters. The Balaban J connectivity index is 1.79. The number of aryl methyl sites for hydroxylation is 1.